The fourth-order valence-electron chi connectivity index (χ4n) is 0.989. The molecule has 1 heterocycles. The first-order chi connectivity index (χ1) is 6.42. The van der Waals surface area contributed by atoms with E-state index in [1.807, 2.05) is 30.9 Å². The van der Waals surface area contributed by atoms with E-state index in [-0.39, 0.29) is 11.3 Å². The summed E-state index contributed by atoms with van der Waals surface area (Å²) in [6.45, 7) is 4.75. The lowest BCUT2D eigenvalue weighted by molar-refractivity contribution is 0.411. The van der Waals surface area contributed by atoms with Gasteiger partial charge in [0.15, 0.2) is 0 Å². The highest BCUT2D eigenvalue weighted by Crippen LogP contribution is 2.20. The van der Waals surface area contributed by atoms with E-state index in [0.29, 0.717) is 0 Å². The molecule has 0 aliphatic carbocycles. The van der Waals surface area contributed by atoms with Gasteiger partial charge in [0.2, 0.25) is 0 Å². The van der Waals surface area contributed by atoms with Crippen molar-refractivity contribution >= 4 is 28.4 Å². The number of nitrogens with one attached hydrogen (secondary N) is 1. The van der Waals surface area contributed by atoms with Gasteiger partial charge in [0.25, 0.3) is 0 Å². The van der Waals surface area contributed by atoms with E-state index in [2.05, 4.69) is 27.7 Å². The zero-order valence-corrected chi connectivity index (χ0v) is 10.6. The Labute approximate surface area is 97.5 Å². The van der Waals surface area contributed by atoms with Crippen LogP contribution in [0.25, 0.3) is 0 Å². The van der Waals surface area contributed by atoms with Gasteiger partial charge in [-0.25, -0.2) is 0 Å². The molecule has 0 aromatic carbocycles. The second-order valence-electron chi connectivity index (χ2n) is 3.97. The molecule has 0 aliphatic rings. The number of nitrogens with zero attached hydrogens (tertiary/aromatic N) is 2. The summed E-state index contributed by atoms with van der Waals surface area (Å²) >= 11 is 2.22. The number of hydrogen-bond donors (Lipinski definition) is 2. The molecule has 0 unspecified atom stereocenters. The molecule has 3 N–H and O–H groups in total. The van der Waals surface area contributed by atoms with Crippen molar-refractivity contribution in [1.29, 1.82) is 5.41 Å². The maximum atomic E-state index is 7.41. The van der Waals surface area contributed by atoms with Gasteiger partial charge in [-0.2, -0.15) is 5.10 Å². The number of aryl methyl sites for hydroxylation is 1. The maximum absolute atomic E-state index is 7.41. The number of nitrogens with two attached hydrogens (primary N) is 1. The molecule has 4 nitrogen and oxygen atoms in total. The summed E-state index contributed by atoms with van der Waals surface area (Å²) in [4.78, 5) is 0. The molecule has 78 valence electrons. The maximum Gasteiger partial charge on any atom is 0.0963 e. The third kappa shape index (κ3) is 2.97. The zero-order valence-electron chi connectivity index (χ0n) is 8.42. The summed E-state index contributed by atoms with van der Waals surface area (Å²) in [7, 11) is 0. The van der Waals surface area contributed by atoms with E-state index in [9.17, 15) is 0 Å². The average molecular weight is 306 g/mol. The van der Waals surface area contributed by atoms with Gasteiger partial charge in [-0.05, 0) is 29.0 Å². The van der Waals surface area contributed by atoms with Crippen LogP contribution in [0.3, 0.4) is 0 Å². The Kier molecular flexibility index (Phi) is 3.52. The summed E-state index contributed by atoms with van der Waals surface area (Å²) in [6, 6.07) is 0. The van der Waals surface area contributed by atoms with Crippen LogP contribution in [0.1, 0.15) is 20.3 Å². The highest BCUT2D eigenvalue weighted by Gasteiger charge is 2.21. The Morgan fingerprint density at radius 1 is 1.71 bits per heavy atom. The van der Waals surface area contributed by atoms with Crippen LogP contribution in [0, 0.1) is 14.4 Å². The minimum absolute atomic E-state index is 0.236. The van der Waals surface area contributed by atoms with E-state index in [4.69, 9.17) is 11.1 Å². The normalized spacial score (nSPS) is 11.6. The Morgan fingerprint density at radius 3 is 2.79 bits per heavy atom. The van der Waals surface area contributed by atoms with Gasteiger partial charge in [-0.1, -0.05) is 13.8 Å². The number of hydrogen-bond acceptors (Lipinski definition) is 2. The fraction of sp³-hybridized carbons (Fsp3) is 0.556. The highest BCUT2D eigenvalue weighted by atomic mass is 127. The molecule has 0 atom stereocenters. The van der Waals surface area contributed by atoms with E-state index in [1.165, 1.54) is 0 Å². The van der Waals surface area contributed by atoms with Crippen molar-refractivity contribution in [3.63, 3.8) is 0 Å². The molecule has 5 heteroatoms. The number of rotatable bonds is 4. The van der Waals surface area contributed by atoms with Crippen molar-refractivity contribution in [2.45, 2.75) is 26.8 Å². The predicted molar refractivity (Wildman–Crippen MR) is 65.3 cm³/mol. The van der Waals surface area contributed by atoms with E-state index < -0.39 is 0 Å². The van der Waals surface area contributed by atoms with Crippen molar-refractivity contribution in [3.8, 4) is 0 Å². The summed E-state index contributed by atoms with van der Waals surface area (Å²) in [5.41, 5.74) is 5.25. The summed E-state index contributed by atoms with van der Waals surface area (Å²) in [6.07, 6.45) is 4.64. The van der Waals surface area contributed by atoms with E-state index in [0.717, 1.165) is 16.5 Å². The van der Waals surface area contributed by atoms with Crippen LogP contribution in [0.5, 0.6) is 0 Å². The lowest BCUT2D eigenvalue weighted by Crippen LogP contribution is -2.31. The molecule has 14 heavy (non-hydrogen) atoms. The van der Waals surface area contributed by atoms with Gasteiger partial charge < -0.3 is 5.73 Å². The molecule has 0 radical (unpaired) electrons. The molecule has 0 saturated carbocycles. The standard InChI is InChI=1S/C9H15IN4/c1-9(2,8(11)12)3-4-14-6-7(10)5-13-14/h5-6H,3-4H2,1-2H3,(H3,11,12). The smallest absolute Gasteiger partial charge is 0.0963 e. The molecule has 1 aromatic rings. The molecule has 0 amide bonds. The molecular formula is C9H15IN4. The Balaban J connectivity index is 2.52. The van der Waals surface area contributed by atoms with E-state index >= 15 is 0 Å². The Hall–Kier alpha value is -0.590. The molecule has 1 aromatic heterocycles. The van der Waals surface area contributed by atoms with Crippen molar-refractivity contribution in [2.75, 3.05) is 0 Å². The first-order valence-electron chi connectivity index (χ1n) is 4.44. The number of aromatic nitrogens is 2. The number of amidine groups is 1. The Morgan fingerprint density at radius 2 is 2.36 bits per heavy atom. The second kappa shape index (κ2) is 4.29. The fourth-order valence-corrected chi connectivity index (χ4v) is 1.44. The molecule has 0 saturated heterocycles. The van der Waals surface area contributed by atoms with Crippen molar-refractivity contribution in [3.05, 3.63) is 16.0 Å². The Bertz CT molecular complexity index is 329. The van der Waals surface area contributed by atoms with Crippen LogP contribution in [0.4, 0.5) is 0 Å². The van der Waals surface area contributed by atoms with Gasteiger partial charge >= 0.3 is 0 Å². The van der Waals surface area contributed by atoms with Gasteiger partial charge in [0.1, 0.15) is 0 Å². The largest absolute Gasteiger partial charge is 0.387 e. The first kappa shape index (κ1) is 11.5. The molecule has 0 fully saturated rings. The predicted octanol–water partition coefficient (Wildman–Crippen LogP) is 1.84. The van der Waals surface area contributed by atoms with Crippen molar-refractivity contribution in [2.24, 2.45) is 11.1 Å². The SMILES string of the molecule is CC(C)(CCn1cc(I)cn1)C(=N)N. The van der Waals surface area contributed by atoms with Gasteiger partial charge in [0, 0.05) is 18.2 Å². The monoisotopic (exact) mass is 306 g/mol. The van der Waals surface area contributed by atoms with E-state index in [1.54, 1.807) is 0 Å². The van der Waals surface area contributed by atoms with Crippen molar-refractivity contribution < 1.29 is 0 Å². The molecule has 1 rings (SSSR count). The lowest BCUT2D eigenvalue weighted by atomic mass is 9.88. The van der Waals surface area contributed by atoms with Gasteiger partial charge in [-0.15, -0.1) is 0 Å². The summed E-state index contributed by atoms with van der Waals surface area (Å²) in [5, 5.41) is 11.6. The summed E-state index contributed by atoms with van der Waals surface area (Å²) in [5.74, 6) is 0.236. The lowest BCUT2D eigenvalue weighted by Gasteiger charge is -2.22. The van der Waals surface area contributed by atoms with Gasteiger partial charge in [-0.3, -0.25) is 10.1 Å². The summed E-state index contributed by atoms with van der Waals surface area (Å²) < 4.78 is 3.01. The van der Waals surface area contributed by atoms with Crippen LogP contribution in [0.15, 0.2) is 12.4 Å². The number of halogens is 1. The topological polar surface area (TPSA) is 67.7 Å². The second-order valence-corrected chi connectivity index (χ2v) is 5.21. The third-order valence-corrected chi connectivity index (χ3v) is 2.85. The zero-order chi connectivity index (χ0) is 10.8. The minimum atomic E-state index is -0.239. The van der Waals surface area contributed by atoms with Crippen molar-refractivity contribution in [1.82, 2.24) is 9.78 Å². The molecule has 0 aliphatic heterocycles. The van der Waals surface area contributed by atoms with Crippen LogP contribution < -0.4 is 5.73 Å². The van der Waals surface area contributed by atoms with Gasteiger partial charge in [0.05, 0.1) is 15.6 Å². The first-order valence-corrected chi connectivity index (χ1v) is 5.52. The molecular weight excluding hydrogens is 291 g/mol. The molecule has 0 bridgehead atoms. The van der Waals surface area contributed by atoms with Crippen LogP contribution >= 0.6 is 22.6 Å². The van der Waals surface area contributed by atoms with Crippen LogP contribution in [-0.4, -0.2) is 15.6 Å². The third-order valence-electron chi connectivity index (χ3n) is 2.30. The average Bonchev–Trinajstić information content (AvgIpc) is 2.48. The van der Waals surface area contributed by atoms with Crippen LogP contribution in [0.2, 0.25) is 0 Å². The van der Waals surface area contributed by atoms with Crippen LogP contribution in [-0.2, 0) is 6.54 Å². The quantitative estimate of drug-likeness (QED) is 0.506. The highest BCUT2D eigenvalue weighted by molar-refractivity contribution is 14.1. The molecule has 0 spiro atoms. The minimum Gasteiger partial charge on any atom is -0.387 e.